The predicted octanol–water partition coefficient (Wildman–Crippen LogP) is 1.45. The molecule has 0 atom stereocenters. The van der Waals surface area contributed by atoms with Crippen molar-refractivity contribution in [1.29, 1.82) is 0 Å². The molecule has 0 fully saturated rings. The zero-order valence-corrected chi connectivity index (χ0v) is 10.2. The van der Waals surface area contributed by atoms with Gasteiger partial charge in [0.25, 0.3) is 5.91 Å². The number of amides is 1. The molecule has 6 heteroatoms. The second-order valence-corrected chi connectivity index (χ2v) is 4.60. The molecule has 1 aromatic carbocycles. The first kappa shape index (κ1) is 14.0. The highest BCUT2D eigenvalue weighted by atomic mass is 19.1. The molecule has 1 rings (SSSR count). The molecule has 0 unspecified atom stereocenters. The fourth-order valence-electron chi connectivity index (χ4n) is 1.27. The van der Waals surface area contributed by atoms with Crippen LogP contribution in [0.4, 0.5) is 10.1 Å². The van der Waals surface area contributed by atoms with Crippen LogP contribution in [-0.2, 0) is 4.79 Å². The minimum absolute atomic E-state index is 0.00353. The third-order valence-corrected chi connectivity index (χ3v) is 2.55. The molecule has 1 amide bonds. The number of primary amides is 1. The van der Waals surface area contributed by atoms with Crippen molar-refractivity contribution in [3.8, 4) is 0 Å². The number of nitrogens with one attached hydrogen (secondary N) is 1. The molecule has 0 heterocycles. The van der Waals surface area contributed by atoms with Gasteiger partial charge in [0.15, 0.2) is 0 Å². The summed E-state index contributed by atoms with van der Waals surface area (Å²) in [6, 6.07) is 3.54. The van der Waals surface area contributed by atoms with E-state index in [0.29, 0.717) is 5.69 Å². The van der Waals surface area contributed by atoms with Crippen LogP contribution in [0.25, 0.3) is 0 Å². The summed E-state index contributed by atoms with van der Waals surface area (Å²) in [6.07, 6.45) is 0. The first-order chi connectivity index (χ1) is 8.24. The minimum Gasteiger partial charge on any atom is -0.481 e. The Labute approximate surface area is 104 Å². The van der Waals surface area contributed by atoms with Gasteiger partial charge in [-0.2, -0.15) is 0 Å². The van der Waals surface area contributed by atoms with Gasteiger partial charge < -0.3 is 16.2 Å². The summed E-state index contributed by atoms with van der Waals surface area (Å²) in [6.45, 7) is 3.17. The van der Waals surface area contributed by atoms with Crippen molar-refractivity contribution in [2.45, 2.75) is 13.8 Å². The number of rotatable bonds is 5. The molecule has 0 aliphatic carbocycles. The normalized spacial score (nSPS) is 11.1. The Balaban J connectivity index is 2.92. The Morgan fingerprint density at radius 3 is 2.56 bits per heavy atom. The second kappa shape index (κ2) is 5.03. The van der Waals surface area contributed by atoms with Crippen LogP contribution in [0.15, 0.2) is 18.2 Å². The summed E-state index contributed by atoms with van der Waals surface area (Å²) in [7, 11) is 0. The van der Waals surface area contributed by atoms with E-state index >= 15 is 0 Å². The predicted molar refractivity (Wildman–Crippen MR) is 64.8 cm³/mol. The van der Waals surface area contributed by atoms with E-state index in [1.165, 1.54) is 26.0 Å². The van der Waals surface area contributed by atoms with Crippen LogP contribution in [0.5, 0.6) is 0 Å². The van der Waals surface area contributed by atoms with Crippen molar-refractivity contribution >= 4 is 17.6 Å². The number of carbonyl (C=O) groups is 2. The van der Waals surface area contributed by atoms with Gasteiger partial charge in [-0.15, -0.1) is 0 Å². The largest absolute Gasteiger partial charge is 0.481 e. The monoisotopic (exact) mass is 254 g/mol. The van der Waals surface area contributed by atoms with Crippen LogP contribution in [0.1, 0.15) is 24.2 Å². The van der Waals surface area contributed by atoms with Crippen molar-refractivity contribution in [1.82, 2.24) is 0 Å². The minimum atomic E-state index is -1.01. The Morgan fingerprint density at radius 2 is 2.06 bits per heavy atom. The van der Waals surface area contributed by atoms with E-state index < -0.39 is 23.1 Å². The summed E-state index contributed by atoms with van der Waals surface area (Å²) in [5.74, 6) is -2.32. The zero-order valence-electron chi connectivity index (χ0n) is 10.2. The van der Waals surface area contributed by atoms with Gasteiger partial charge in [-0.05, 0) is 32.0 Å². The van der Waals surface area contributed by atoms with Crippen molar-refractivity contribution in [3.05, 3.63) is 29.6 Å². The topological polar surface area (TPSA) is 92.4 Å². The number of hydrogen-bond acceptors (Lipinski definition) is 3. The number of halogens is 1. The lowest BCUT2D eigenvalue weighted by Gasteiger charge is -2.21. The number of anilines is 1. The molecule has 0 spiro atoms. The molecule has 0 aliphatic heterocycles. The van der Waals surface area contributed by atoms with Crippen molar-refractivity contribution in [2.75, 3.05) is 11.9 Å². The summed E-state index contributed by atoms with van der Waals surface area (Å²) in [5.41, 5.74) is 4.42. The summed E-state index contributed by atoms with van der Waals surface area (Å²) in [4.78, 5) is 22.1. The SMILES string of the molecule is CC(C)(CNc1ccc(F)cc1C(N)=O)C(=O)O. The first-order valence-corrected chi connectivity index (χ1v) is 5.30. The van der Waals surface area contributed by atoms with Crippen LogP contribution in [0, 0.1) is 11.2 Å². The number of carboxylic acid groups (broad SMARTS) is 1. The van der Waals surface area contributed by atoms with Gasteiger partial charge in [0, 0.05) is 12.2 Å². The van der Waals surface area contributed by atoms with E-state index in [1.807, 2.05) is 0 Å². The third-order valence-electron chi connectivity index (χ3n) is 2.55. The fourth-order valence-corrected chi connectivity index (χ4v) is 1.27. The fraction of sp³-hybridized carbons (Fsp3) is 0.333. The molecule has 0 aliphatic rings. The lowest BCUT2D eigenvalue weighted by Crippen LogP contribution is -2.32. The van der Waals surface area contributed by atoms with Crippen molar-refractivity contribution < 1.29 is 19.1 Å². The van der Waals surface area contributed by atoms with Gasteiger partial charge in [0.2, 0.25) is 0 Å². The van der Waals surface area contributed by atoms with Gasteiger partial charge in [-0.1, -0.05) is 0 Å². The molecular formula is C12H15FN2O3. The molecule has 0 saturated carbocycles. The Bertz CT molecular complexity index is 486. The summed E-state index contributed by atoms with van der Waals surface area (Å²) < 4.78 is 13.0. The van der Waals surface area contributed by atoms with Gasteiger partial charge in [0.1, 0.15) is 5.82 Å². The molecule has 0 saturated heterocycles. The number of hydrogen-bond donors (Lipinski definition) is 3. The second-order valence-electron chi connectivity index (χ2n) is 4.60. The molecule has 18 heavy (non-hydrogen) atoms. The van der Waals surface area contributed by atoms with Crippen LogP contribution in [0.2, 0.25) is 0 Å². The van der Waals surface area contributed by atoms with Gasteiger partial charge in [0.05, 0.1) is 11.0 Å². The number of nitrogens with two attached hydrogens (primary N) is 1. The zero-order chi connectivity index (χ0) is 13.9. The van der Waals surface area contributed by atoms with Gasteiger partial charge in [-0.3, -0.25) is 9.59 Å². The highest BCUT2D eigenvalue weighted by Gasteiger charge is 2.27. The van der Waals surface area contributed by atoms with Crippen molar-refractivity contribution in [3.63, 3.8) is 0 Å². The average molecular weight is 254 g/mol. The van der Waals surface area contributed by atoms with Crippen LogP contribution >= 0.6 is 0 Å². The van der Waals surface area contributed by atoms with E-state index in [0.717, 1.165) is 6.07 Å². The average Bonchev–Trinajstić information content (AvgIpc) is 2.27. The number of carbonyl (C=O) groups excluding carboxylic acids is 1. The lowest BCUT2D eigenvalue weighted by molar-refractivity contribution is -0.146. The molecule has 0 radical (unpaired) electrons. The molecule has 0 bridgehead atoms. The summed E-state index contributed by atoms with van der Waals surface area (Å²) in [5, 5.41) is 11.7. The van der Waals surface area contributed by atoms with Gasteiger partial charge in [-0.25, -0.2) is 4.39 Å². The Morgan fingerprint density at radius 1 is 1.44 bits per heavy atom. The molecule has 98 valence electrons. The van der Waals surface area contributed by atoms with E-state index in [4.69, 9.17) is 10.8 Å². The van der Waals surface area contributed by atoms with Crippen LogP contribution in [0.3, 0.4) is 0 Å². The molecule has 5 nitrogen and oxygen atoms in total. The van der Waals surface area contributed by atoms with E-state index in [1.54, 1.807) is 0 Å². The first-order valence-electron chi connectivity index (χ1n) is 5.30. The quantitative estimate of drug-likeness (QED) is 0.741. The smallest absolute Gasteiger partial charge is 0.310 e. The number of aliphatic carboxylic acids is 1. The molecule has 0 aromatic heterocycles. The molecule has 4 N–H and O–H groups in total. The Hall–Kier alpha value is -2.11. The van der Waals surface area contributed by atoms with E-state index in [9.17, 15) is 14.0 Å². The number of carboxylic acids is 1. The maximum Gasteiger partial charge on any atom is 0.310 e. The van der Waals surface area contributed by atoms with E-state index in [-0.39, 0.29) is 12.1 Å². The Kier molecular flexibility index (Phi) is 3.90. The van der Waals surface area contributed by atoms with Gasteiger partial charge >= 0.3 is 5.97 Å². The highest BCUT2D eigenvalue weighted by molar-refractivity contribution is 5.98. The maximum absolute atomic E-state index is 13.0. The number of benzene rings is 1. The lowest BCUT2D eigenvalue weighted by atomic mass is 9.93. The van der Waals surface area contributed by atoms with Crippen LogP contribution < -0.4 is 11.1 Å². The van der Waals surface area contributed by atoms with Crippen molar-refractivity contribution in [2.24, 2.45) is 11.1 Å². The van der Waals surface area contributed by atoms with E-state index in [2.05, 4.69) is 5.32 Å². The highest BCUT2D eigenvalue weighted by Crippen LogP contribution is 2.20. The molecular weight excluding hydrogens is 239 g/mol. The molecule has 1 aromatic rings. The third kappa shape index (κ3) is 3.19. The summed E-state index contributed by atoms with van der Waals surface area (Å²) >= 11 is 0. The van der Waals surface area contributed by atoms with Crippen LogP contribution in [-0.4, -0.2) is 23.5 Å². The standard InChI is InChI=1S/C12H15FN2O3/c1-12(2,11(17)18)6-15-9-4-3-7(13)5-8(9)10(14)16/h3-5,15H,6H2,1-2H3,(H2,14,16)(H,17,18). The maximum atomic E-state index is 13.0.